The van der Waals surface area contributed by atoms with Gasteiger partial charge in [-0.1, -0.05) is 22.0 Å². The van der Waals surface area contributed by atoms with E-state index in [0.717, 1.165) is 10.0 Å². The molecular formula is C13H17BrN2O3. The normalized spacial score (nSPS) is 10.9. The Morgan fingerprint density at radius 3 is 2.58 bits per heavy atom. The SMILES string of the molecule is Cc1ccc(Br)cc1NC(=O)NCC(C)(C)C(=O)O. The lowest BCUT2D eigenvalue weighted by molar-refractivity contribution is -0.146. The van der Waals surface area contributed by atoms with E-state index in [1.807, 2.05) is 19.1 Å². The summed E-state index contributed by atoms with van der Waals surface area (Å²) < 4.78 is 0.860. The van der Waals surface area contributed by atoms with Gasteiger partial charge in [0.1, 0.15) is 0 Å². The molecule has 5 nitrogen and oxygen atoms in total. The first kappa shape index (κ1) is 15.5. The molecule has 0 saturated heterocycles. The van der Waals surface area contributed by atoms with Crippen molar-refractivity contribution in [1.29, 1.82) is 0 Å². The number of urea groups is 1. The van der Waals surface area contributed by atoms with Crippen LogP contribution in [0.5, 0.6) is 0 Å². The van der Waals surface area contributed by atoms with E-state index in [-0.39, 0.29) is 6.54 Å². The van der Waals surface area contributed by atoms with Crippen LogP contribution in [0.3, 0.4) is 0 Å². The molecule has 0 atom stereocenters. The highest BCUT2D eigenvalue weighted by Gasteiger charge is 2.27. The number of aryl methyl sites for hydroxylation is 1. The molecule has 1 aromatic rings. The van der Waals surface area contributed by atoms with Gasteiger partial charge in [-0.3, -0.25) is 4.79 Å². The van der Waals surface area contributed by atoms with Gasteiger partial charge in [-0.15, -0.1) is 0 Å². The number of carboxylic acids is 1. The van der Waals surface area contributed by atoms with Crippen molar-refractivity contribution in [3.8, 4) is 0 Å². The summed E-state index contributed by atoms with van der Waals surface area (Å²) in [5.41, 5.74) is 0.611. The second kappa shape index (κ2) is 6.06. The van der Waals surface area contributed by atoms with Crippen LogP contribution in [0.15, 0.2) is 22.7 Å². The maximum atomic E-state index is 11.7. The van der Waals surface area contributed by atoms with Gasteiger partial charge in [-0.25, -0.2) is 4.79 Å². The fourth-order valence-electron chi connectivity index (χ4n) is 1.27. The van der Waals surface area contributed by atoms with Gasteiger partial charge in [-0.2, -0.15) is 0 Å². The topological polar surface area (TPSA) is 78.4 Å². The van der Waals surface area contributed by atoms with E-state index >= 15 is 0 Å². The van der Waals surface area contributed by atoms with Crippen molar-refractivity contribution in [3.05, 3.63) is 28.2 Å². The van der Waals surface area contributed by atoms with Crippen molar-refractivity contribution in [1.82, 2.24) is 5.32 Å². The third-order valence-corrected chi connectivity index (χ3v) is 3.21. The monoisotopic (exact) mass is 328 g/mol. The molecule has 0 aliphatic heterocycles. The zero-order valence-electron chi connectivity index (χ0n) is 11.1. The van der Waals surface area contributed by atoms with E-state index in [1.54, 1.807) is 19.9 Å². The summed E-state index contributed by atoms with van der Waals surface area (Å²) in [7, 11) is 0. The van der Waals surface area contributed by atoms with E-state index in [1.165, 1.54) is 0 Å². The molecule has 3 N–H and O–H groups in total. The molecule has 0 aromatic heterocycles. The minimum absolute atomic E-state index is 0.0568. The minimum atomic E-state index is -0.996. The zero-order chi connectivity index (χ0) is 14.6. The van der Waals surface area contributed by atoms with Crippen molar-refractivity contribution < 1.29 is 14.7 Å². The van der Waals surface area contributed by atoms with E-state index in [0.29, 0.717) is 5.69 Å². The Morgan fingerprint density at radius 1 is 1.37 bits per heavy atom. The smallest absolute Gasteiger partial charge is 0.319 e. The van der Waals surface area contributed by atoms with Crippen molar-refractivity contribution in [3.63, 3.8) is 0 Å². The molecule has 104 valence electrons. The quantitative estimate of drug-likeness (QED) is 0.795. The number of benzene rings is 1. The Hall–Kier alpha value is -1.56. The molecule has 0 heterocycles. The number of hydrogen-bond acceptors (Lipinski definition) is 2. The van der Waals surface area contributed by atoms with Crippen LogP contribution >= 0.6 is 15.9 Å². The van der Waals surface area contributed by atoms with Crippen molar-refractivity contribution in [2.24, 2.45) is 5.41 Å². The van der Waals surface area contributed by atoms with Crippen LogP contribution in [0.1, 0.15) is 19.4 Å². The lowest BCUT2D eigenvalue weighted by Crippen LogP contribution is -2.40. The number of amides is 2. The van der Waals surface area contributed by atoms with Crippen LogP contribution in [0.2, 0.25) is 0 Å². The number of halogens is 1. The van der Waals surface area contributed by atoms with E-state index in [2.05, 4.69) is 26.6 Å². The van der Waals surface area contributed by atoms with Gasteiger partial charge >= 0.3 is 12.0 Å². The second-order valence-electron chi connectivity index (χ2n) is 4.96. The molecule has 0 aliphatic carbocycles. The average Bonchev–Trinajstić information content (AvgIpc) is 2.31. The Bertz CT molecular complexity index is 501. The Balaban J connectivity index is 2.61. The molecule has 0 spiro atoms. The summed E-state index contributed by atoms with van der Waals surface area (Å²) in [5, 5.41) is 14.2. The highest BCUT2D eigenvalue weighted by atomic mass is 79.9. The highest BCUT2D eigenvalue weighted by molar-refractivity contribution is 9.10. The number of carbonyl (C=O) groups is 2. The number of carbonyl (C=O) groups excluding carboxylic acids is 1. The number of nitrogens with one attached hydrogen (secondary N) is 2. The lowest BCUT2D eigenvalue weighted by atomic mass is 9.94. The molecular weight excluding hydrogens is 312 g/mol. The summed E-state index contributed by atoms with van der Waals surface area (Å²) >= 11 is 3.33. The maximum absolute atomic E-state index is 11.7. The Morgan fingerprint density at radius 2 is 2.00 bits per heavy atom. The fourth-order valence-corrected chi connectivity index (χ4v) is 1.63. The molecule has 0 fully saturated rings. The van der Waals surface area contributed by atoms with Crippen LogP contribution in [0, 0.1) is 12.3 Å². The molecule has 0 saturated carbocycles. The van der Waals surface area contributed by atoms with Gasteiger partial charge in [0.15, 0.2) is 0 Å². The number of rotatable bonds is 4. The predicted octanol–water partition coefficient (Wildman–Crippen LogP) is 2.99. The summed E-state index contributed by atoms with van der Waals surface area (Å²) in [6.45, 7) is 5.05. The number of anilines is 1. The van der Waals surface area contributed by atoms with Crippen molar-refractivity contribution in [2.75, 3.05) is 11.9 Å². The highest BCUT2D eigenvalue weighted by Crippen LogP contribution is 2.20. The minimum Gasteiger partial charge on any atom is -0.481 e. The molecule has 1 rings (SSSR count). The van der Waals surface area contributed by atoms with E-state index in [4.69, 9.17) is 5.11 Å². The van der Waals surface area contributed by atoms with Crippen LogP contribution in [-0.4, -0.2) is 23.7 Å². The van der Waals surface area contributed by atoms with Gasteiger partial charge in [0.05, 0.1) is 5.41 Å². The third-order valence-electron chi connectivity index (χ3n) is 2.72. The number of carboxylic acid groups (broad SMARTS) is 1. The molecule has 0 unspecified atom stereocenters. The van der Waals surface area contributed by atoms with Crippen molar-refractivity contribution >= 4 is 33.6 Å². The molecule has 0 radical (unpaired) electrons. The summed E-state index contributed by atoms with van der Waals surface area (Å²) in [4.78, 5) is 22.6. The van der Waals surface area contributed by atoms with Gasteiger partial charge in [-0.05, 0) is 38.5 Å². The van der Waals surface area contributed by atoms with Crippen LogP contribution in [-0.2, 0) is 4.79 Å². The second-order valence-corrected chi connectivity index (χ2v) is 5.87. The summed E-state index contributed by atoms with van der Waals surface area (Å²) in [6.07, 6.45) is 0. The lowest BCUT2D eigenvalue weighted by Gasteiger charge is -2.19. The van der Waals surface area contributed by atoms with Crippen LogP contribution < -0.4 is 10.6 Å². The first-order valence-corrected chi connectivity index (χ1v) is 6.56. The van der Waals surface area contributed by atoms with Gasteiger partial charge < -0.3 is 15.7 Å². The summed E-state index contributed by atoms with van der Waals surface area (Å²) in [6, 6.07) is 5.12. The number of hydrogen-bond donors (Lipinski definition) is 3. The Kier molecular flexibility index (Phi) is 4.94. The first-order valence-electron chi connectivity index (χ1n) is 5.77. The standard InChI is InChI=1S/C13H17BrN2O3/c1-8-4-5-9(14)6-10(8)16-12(19)15-7-13(2,3)11(17)18/h4-6H,7H2,1-3H3,(H,17,18)(H2,15,16,19). The molecule has 0 bridgehead atoms. The molecule has 6 heteroatoms. The first-order chi connectivity index (χ1) is 8.72. The van der Waals surface area contributed by atoms with Gasteiger partial charge in [0, 0.05) is 16.7 Å². The molecule has 0 aliphatic rings. The molecule has 1 aromatic carbocycles. The van der Waals surface area contributed by atoms with Gasteiger partial charge in [0.25, 0.3) is 0 Å². The number of aliphatic carboxylic acids is 1. The predicted molar refractivity (Wildman–Crippen MR) is 77.3 cm³/mol. The van der Waals surface area contributed by atoms with E-state index < -0.39 is 17.4 Å². The van der Waals surface area contributed by atoms with E-state index in [9.17, 15) is 9.59 Å². The van der Waals surface area contributed by atoms with Gasteiger partial charge in [0.2, 0.25) is 0 Å². The van der Waals surface area contributed by atoms with Crippen LogP contribution in [0.4, 0.5) is 10.5 Å². The molecule has 2 amide bonds. The zero-order valence-corrected chi connectivity index (χ0v) is 12.7. The maximum Gasteiger partial charge on any atom is 0.319 e. The van der Waals surface area contributed by atoms with Crippen molar-refractivity contribution in [2.45, 2.75) is 20.8 Å². The summed E-state index contributed by atoms with van der Waals surface area (Å²) in [5.74, 6) is -0.952. The largest absolute Gasteiger partial charge is 0.481 e. The fraction of sp³-hybridized carbons (Fsp3) is 0.385. The van der Waals surface area contributed by atoms with Crippen LogP contribution in [0.25, 0.3) is 0 Å². The Labute approximate surface area is 120 Å². The third kappa shape index (κ3) is 4.55. The average molecular weight is 329 g/mol. The molecule has 19 heavy (non-hydrogen) atoms.